The first-order valence-corrected chi connectivity index (χ1v) is 6.18. The lowest BCUT2D eigenvalue weighted by molar-refractivity contribution is -0.140. The molecule has 0 aliphatic rings. The van der Waals surface area contributed by atoms with Crippen molar-refractivity contribution < 1.29 is 13.7 Å². The molecular weight excluding hydrogens is 202 g/mol. The zero-order chi connectivity index (χ0) is 11.4. The van der Waals surface area contributed by atoms with Gasteiger partial charge in [-0.15, -0.1) is 0 Å². The standard InChI is InChI=1S/C9H19NO3S/c1-7(6-14(5)12)10-8(11)9(2,3)13-4/h7H,6H2,1-5H3,(H,10,11). The minimum atomic E-state index is -0.896. The van der Waals surface area contributed by atoms with Crippen LogP contribution in [0.15, 0.2) is 0 Å². The van der Waals surface area contributed by atoms with E-state index in [0.29, 0.717) is 5.75 Å². The van der Waals surface area contributed by atoms with Gasteiger partial charge in [-0.2, -0.15) is 0 Å². The molecule has 0 fully saturated rings. The Bertz CT molecular complexity index is 228. The second-order valence-corrected chi connectivity index (χ2v) is 5.31. The summed E-state index contributed by atoms with van der Waals surface area (Å²) in [5.41, 5.74) is -0.830. The number of amides is 1. The molecule has 84 valence electrons. The summed E-state index contributed by atoms with van der Waals surface area (Å²) >= 11 is 0. The highest BCUT2D eigenvalue weighted by atomic mass is 32.2. The monoisotopic (exact) mass is 221 g/mol. The maximum absolute atomic E-state index is 11.6. The Morgan fingerprint density at radius 2 is 2.07 bits per heavy atom. The second kappa shape index (κ2) is 5.46. The van der Waals surface area contributed by atoms with E-state index in [1.165, 1.54) is 7.11 Å². The highest BCUT2D eigenvalue weighted by molar-refractivity contribution is 7.84. The lowest BCUT2D eigenvalue weighted by Gasteiger charge is -2.24. The summed E-state index contributed by atoms with van der Waals surface area (Å²) in [6, 6.07) is -0.0947. The Kier molecular flexibility index (Phi) is 5.29. The highest BCUT2D eigenvalue weighted by Gasteiger charge is 2.27. The summed E-state index contributed by atoms with van der Waals surface area (Å²) in [6.45, 7) is 5.21. The molecule has 0 aromatic rings. The van der Waals surface area contributed by atoms with Gasteiger partial charge in [-0.05, 0) is 20.8 Å². The van der Waals surface area contributed by atoms with Crippen LogP contribution in [0, 0.1) is 0 Å². The lowest BCUT2D eigenvalue weighted by atomic mass is 10.1. The largest absolute Gasteiger partial charge is 0.369 e. The van der Waals surface area contributed by atoms with Gasteiger partial charge in [-0.25, -0.2) is 0 Å². The zero-order valence-corrected chi connectivity index (χ0v) is 10.2. The summed E-state index contributed by atoms with van der Waals surface area (Å²) in [5.74, 6) is 0.281. The van der Waals surface area contributed by atoms with Crippen LogP contribution in [0.4, 0.5) is 0 Å². The highest BCUT2D eigenvalue weighted by Crippen LogP contribution is 2.07. The molecule has 2 atom stereocenters. The second-order valence-electron chi connectivity index (χ2n) is 3.83. The summed E-state index contributed by atoms with van der Waals surface area (Å²) in [6.07, 6.45) is 1.62. The maximum atomic E-state index is 11.6. The summed E-state index contributed by atoms with van der Waals surface area (Å²) in [4.78, 5) is 11.6. The quantitative estimate of drug-likeness (QED) is 0.726. The first-order valence-electron chi connectivity index (χ1n) is 4.45. The molecule has 0 saturated heterocycles. The number of hydrogen-bond donors (Lipinski definition) is 1. The van der Waals surface area contributed by atoms with Gasteiger partial charge in [0.05, 0.1) is 0 Å². The van der Waals surface area contributed by atoms with Crippen molar-refractivity contribution in [2.45, 2.75) is 32.4 Å². The Hall–Kier alpha value is -0.420. The van der Waals surface area contributed by atoms with Crippen LogP contribution in [-0.2, 0) is 20.3 Å². The van der Waals surface area contributed by atoms with Gasteiger partial charge < -0.3 is 10.1 Å². The van der Waals surface area contributed by atoms with Crippen LogP contribution in [-0.4, -0.2) is 40.9 Å². The first kappa shape index (κ1) is 13.6. The fourth-order valence-electron chi connectivity index (χ4n) is 0.884. The van der Waals surface area contributed by atoms with E-state index in [2.05, 4.69) is 5.32 Å². The molecular formula is C9H19NO3S. The fraction of sp³-hybridized carbons (Fsp3) is 0.889. The van der Waals surface area contributed by atoms with Crippen molar-refractivity contribution in [2.75, 3.05) is 19.1 Å². The van der Waals surface area contributed by atoms with Gasteiger partial charge in [0.15, 0.2) is 0 Å². The van der Waals surface area contributed by atoms with Gasteiger partial charge in [-0.3, -0.25) is 9.00 Å². The minimum absolute atomic E-state index is 0.0947. The molecule has 1 N–H and O–H groups in total. The normalized spacial score (nSPS) is 16.1. The van der Waals surface area contributed by atoms with Crippen molar-refractivity contribution in [3.63, 3.8) is 0 Å². The summed E-state index contributed by atoms with van der Waals surface area (Å²) in [5, 5.41) is 2.75. The zero-order valence-electron chi connectivity index (χ0n) is 9.42. The van der Waals surface area contributed by atoms with Crippen molar-refractivity contribution in [1.82, 2.24) is 5.32 Å². The maximum Gasteiger partial charge on any atom is 0.251 e. The molecule has 14 heavy (non-hydrogen) atoms. The minimum Gasteiger partial charge on any atom is -0.369 e. The van der Waals surface area contributed by atoms with Crippen LogP contribution in [0.1, 0.15) is 20.8 Å². The first-order chi connectivity index (χ1) is 6.29. The molecule has 0 saturated carbocycles. The molecule has 2 unspecified atom stereocenters. The molecule has 4 nitrogen and oxygen atoms in total. The van der Waals surface area contributed by atoms with Crippen LogP contribution in [0.2, 0.25) is 0 Å². The van der Waals surface area contributed by atoms with E-state index < -0.39 is 16.4 Å². The van der Waals surface area contributed by atoms with E-state index in [1.54, 1.807) is 20.1 Å². The van der Waals surface area contributed by atoms with Crippen molar-refractivity contribution >= 4 is 16.7 Å². The van der Waals surface area contributed by atoms with Crippen LogP contribution >= 0.6 is 0 Å². The van der Waals surface area contributed by atoms with Gasteiger partial charge in [0.2, 0.25) is 0 Å². The average Bonchev–Trinajstić information content (AvgIpc) is 2.02. The van der Waals surface area contributed by atoms with E-state index in [0.717, 1.165) is 0 Å². The number of carbonyl (C=O) groups is 1. The predicted molar refractivity (Wildman–Crippen MR) is 57.6 cm³/mol. The number of ether oxygens (including phenoxy) is 1. The molecule has 0 aromatic heterocycles. The molecule has 0 heterocycles. The van der Waals surface area contributed by atoms with Crippen LogP contribution < -0.4 is 5.32 Å². The van der Waals surface area contributed by atoms with Gasteiger partial charge in [0, 0.05) is 36.0 Å². The van der Waals surface area contributed by atoms with E-state index in [9.17, 15) is 9.00 Å². The van der Waals surface area contributed by atoms with E-state index in [1.807, 2.05) is 6.92 Å². The van der Waals surface area contributed by atoms with Gasteiger partial charge in [0.1, 0.15) is 5.60 Å². The van der Waals surface area contributed by atoms with Crippen molar-refractivity contribution in [3.8, 4) is 0 Å². The molecule has 0 radical (unpaired) electrons. The number of rotatable bonds is 5. The predicted octanol–water partition coefficient (Wildman–Crippen LogP) is 0.295. The molecule has 0 aliphatic carbocycles. The Morgan fingerprint density at radius 3 is 2.43 bits per heavy atom. The van der Waals surface area contributed by atoms with E-state index >= 15 is 0 Å². The van der Waals surface area contributed by atoms with Crippen LogP contribution in [0.5, 0.6) is 0 Å². The number of carbonyl (C=O) groups excluding carboxylic acids is 1. The Balaban J connectivity index is 4.12. The molecule has 0 rings (SSSR count). The molecule has 5 heteroatoms. The Morgan fingerprint density at radius 1 is 1.57 bits per heavy atom. The van der Waals surface area contributed by atoms with Gasteiger partial charge in [0.25, 0.3) is 5.91 Å². The molecule has 0 bridgehead atoms. The Labute approximate surface area is 87.9 Å². The fourth-order valence-corrected chi connectivity index (χ4v) is 1.67. The SMILES string of the molecule is COC(C)(C)C(=O)NC(C)CS(C)=O. The van der Waals surface area contributed by atoms with Crippen molar-refractivity contribution in [3.05, 3.63) is 0 Å². The average molecular weight is 221 g/mol. The van der Waals surface area contributed by atoms with E-state index in [4.69, 9.17) is 4.74 Å². The lowest BCUT2D eigenvalue weighted by Crippen LogP contribution is -2.48. The third-order valence-electron chi connectivity index (χ3n) is 1.92. The molecule has 1 amide bonds. The third kappa shape index (κ3) is 4.72. The summed E-state index contributed by atoms with van der Waals surface area (Å²) in [7, 11) is 0.592. The molecule has 0 spiro atoms. The van der Waals surface area contributed by atoms with Crippen molar-refractivity contribution in [1.29, 1.82) is 0 Å². The smallest absolute Gasteiger partial charge is 0.251 e. The van der Waals surface area contributed by atoms with E-state index in [-0.39, 0.29) is 11.9 Å². The van der Waals surface area contributed by atoms with Crippen LogP contribution in [0.25, 0.3) is 0 Å². The third-order valence-corrected chi connectivity index (χ3v) is 2.89. The number of methoxy groups -OCH3 is 1. The molecule has 0 aromatic carbocycles. The topological polar surface area (TPSA) is 55.4 Å². The van der Waals surface area contributed by atoms with Crippen LogP contribution in [0.3, 0.4) is 0 Å². The number of nitrogens with one attached hydrogen (secondary N) is 1. The van der Waals surface area contributed by atoms with Crippen molar-refractivity contribution in [2.24, 2.45) is 0 Å². The van der Waals surface area contributed by atoms with Gasteiger partial charge >= 0.3 is 0 Å². The number of hydrogen-bond acceptors (Lipinski definition) is 3. The van der Waals surface area contributed by atoms with Gasteiger partial charge in [-0.1, -0.05) is 0 Å². The summed E-state index contributed by atoms with van der Waals surface area (Å²) < 4.78 is 15.9. The molecule has 0 aliphatic heterocycles.